The maximum Gasteiger partial charge on any atom is 0.319 e. The lowest BCUT2D eigenvalue weighted by atomic mass is 10.0. The first-order valence-electron chi connectivity index (χ1n) is 9.64. The van der Waals surface area contributed by atoms with Crippen molar-refractivity contribution in [3.8, 4) is 11.5 Å². The van der Waals surface area contributed by atoms with Crippen LogP contribution in [0.3, 0.4) is 0 Å². The van der Waals surface area contributed by atoms with Gasteiger partial charge in [0, 0.05) is 5.69 Å². The summed E-state index contributed by atoms with van der Waals surface area (Å²) in [6.45, 7) is 2.01. The Hall–Kier alpha value is -3.32. The maximum atomic E-state index is 12.5. The standard InChI is InChI=1S/C23H22N2O4S/c1-16-6-10-18(11-7-16)29-19-12-8-17(9-13-19)24-23(26)25-21-14-15-30(27,28)22-5-3-2-4-20(21)22/h2-13,21H,14-15H2,1H3,(H2,24,25,26). The molecule has 4 rings (SSSR count). The number of benzene rings is 3. The van der Waals surface area contributed by atoms with Crippen molar-refractivity contribution >= 4 is 21.6 Å². The third kappa shape index (κ3) is 4.46. The number of carbonyl (C=O) groups is 1. The van der Waals surface area contributed by atoms with Crippen molar-refractivity contribution in [3.05, 3.63) is 83.9 Å². The molecule has 0 saturated heterocycles. The molecule has 3 aromatic carbocycles. The van der Waals surface area contributed by atoms with E-state index in [0.29, 0.717) is 28.3 Å². The molecule has 3 aromatic rings. The fourth-order valence-corrected chi connectivity index (χ4v) is 5.04. The van der Waals surface area contributed by atoms with Crippen molar-refractivity contribution < 1.29 is 17.9 Å². The summed E-state index contributed by atoms with van der Waals surface area (Å²) in [7, 11) is -3.29. The van der Waals surface area contributed by atoms with Gasteiger partial charge in [0.05, 0.1) is 16.7 Å². The van der Waals surface area contributed by atoms with Gasteiger partial charge in [-0.05, 0) is 61.4 Å². The summed E-state index contributed by atoms with van der Waals surface area (Å²) in [5.41, 5.74) is 2.40. The molecule has 0 spiro atoms. The molecule has 2 amide bonds. The van der Waals surface area contributed by atoms with Crippen LogP contribution in [0.5, 0.6) is 11.5 Å². The van der Waals surface area contributed by atoms with Gasteiger partial charge in [-0.3, -0.25) is 0 Å². The van der Waals surface area contributed by atoms with Gasteiger partial charge < -0.3 is 15.4 Å². The first-order valence-corrected chi connectivity index (χ1v) is 11.3. The van der Waals surface area contributed by atoms with E-state index in [1.807, 2.05) is 31.2 Å². The number of anilines is 1. The Kier molecular flexibility index (Phi) is 5.46. The van der Waals surface area contributed by atoms with Crippen LogP contribution >= 0.6 is 0 Å². The molecule has 0 bridgehead atoms. The molecule has 154 valence electrons. The van der Waals surface area contributed by atoms with Crippen molar-refractivity contribution in [1.82, 2.24) is 5.32 Å². The van der Waals surface area contributed by atoms with E-state index in [-0.39, 0.29) is 17.8 Å². The Morgan fingerprint density at radius 3 is 2.27 bits per heavy atom. The van der Waals surface area contributed by atoms with Crippen LogP contribution in [-0.2, 0) is 9.84 Å². The van der Waals surface area contributed by atoms with Crippen LogP contribution in [0.2, 0.25) is 0 Å². The number of ether oxygens (including phenoxy) is 1. The first-order chi connectivity index (χ1) is 14.4. The highest BCUT2D eigenvalue weighted by Gasteiger charge is 2.30. The number of fused-ring (bicyclic) bond motifs is 1. The quantitative estimate of drug-likeness (QED) is 0.631. The average Bonchev–Trinajstić information content (AvgIpc) is 2.73. The molecule has 0 aliphatic carbocycles. The highest BCUT2D eigenvalue weighted by Crippen LogP contribution is 2.32. The zero-order valence-electron chi connectivity index (χ0n) is 16.5. The number of hydrogen-bond acceptors (Lipinski definition) is 4. The summed E-state index contributed by atoms with van der Waals surface area (Å²) < 4.78 is 30.3. The summed E-state index contributed by atoms with van der Waals surface area (Å²) in [5, 5.41) is 5.66. The summed E-state index contributed by atoms with van der Waals surface area (Å²) in [6.07, 6.45) is 0.343. The fraction of sp³-hybridized carbons (Fsp3) is 0.174. The largest absolute Gasteiger partial charge is 0.457 e. The normalized spacial score (nSPS) is 16.9. The van der Waals surface area contributed by atoms with Crippen LogP contribution in [0.25, 0.3) is 0 Å². The van der Waals surface area contributed by atoms with E-state index in [0.717, 1.165) is 11.3 Å². The van der Waals surface area contributed by atoms with E-state index < -0.39 is 9.84 Å². The third-order valence-corrected chi connectivity index (χ3v) is 6.79. The van der Waals surface area contributed by atoms with Gasteiger partial charge in [-0.15, -0.1) is 0 Å². The zero-order chi connectivity index (χ0) is 21.1. The van der Waals surface area contributed by atoms with Gasteiger partial charge in [-0.25, -0.2) is 13.2 Å². The predicted octanol–water partition coefficient (Wildman–Crippen LogP) is 4.83. The van der Waals surface area contributed by atoms with Crippen molar-refractivity contribution in [3.63, 3.8) is 0 Å². The molecule has 0 fully saturated rings. The second-order valence-electron chi connectivity index (χ2n) is 7.24. The molecule has 0 saturated carbocycles. The number of aryl methyl sites for hydroxylation is 1. The molecule has 6 nitrogen and oxygen atoms in total. The van der Waals surface area contributed by atoms with Crippen LogP contribution < -0.4 is 15.4 Å². The number of amides is 2. The van der Waals surface area contributed by atoms with E-state index in [4.69, 9.17) is 4.74 Å². The molecule has 1 heterocycles. The van der Waals surface area contributed by atoms with Gasteiger partial charge in [-0.1, -0.05) is 35.9 Å². The van der Waals surface area contributed by atoms with Gasteiger partial charge in [0.1, 0.15) is 11.5 Å². The predicted molar refractivity (Wildman–Crippen MR) is 116 cm³/mol. The second-order valence-corrected chi connectivity index (χ2v) is 9.31. The zero-order valence-corrected chi connectivity index (χ0v) is 17.3. The lowest BCUT2D eigenvalue weighted by Crippen LogP contribution is -2.36. The fourth-order valence-electron chi connectivity index (χ4n) is 3.41. The third-order valence-electron chi connectivity index (χ3n) is 4.98. The molecule has 1 aliphatic rings. The van der Waals surface area contributed by atoms with E-state index in [9.17, 15) is 13.2 Å². The number of nitrogens with one attached hydrogen (secondary N) is 2. The number of urea groups is 1. The van der Waals surface area contributed by atoms with E-state index in [2.05, 4.69) is 10.6 Å². The first kappa shape index (κ1) is 20.0. The molecule has 1 unspecified atom stereocenters. The SMILES string of the molecule is Cc1ccc(Oc2ccc(NC(=O)NC3CCS(=O)(=O)c4ccccc43)cc2)cc1. The Morgan fingerprint density at radius 1 is 0.933 bits per heavy atom. The van der Waals surface area contributed by atoms with E-state index in [1.54, 1.807) is 48.5 Å². The minimum Gasteiger partial charge on any atom is -0.457 e. The lowest BCUT2D eigenvalue weighted by Gasteiger charge is -2.26. The van der Waals surface area contributed by atoms with Crippen LogP contribution in [0.15, 0.2) is 77.7 Å². The monoisotopic (exact) mass is 422 g/mol. The topological polar surface area (TPSA) is 84.5 Å². The van der Waals surface area contributed by atoms with Crippen molar-refractivity contribution in [2.24, 2.45) is 0 Å². The van der Waals surface area contributed by atoms with Gasteiger partial charge >= 0.3 is 6.03 Å². The molecule has 1 atom stereocenters. The Morgan fingerprint density at radius 2 is 1.57 bits per heavy atom. The molecule has 1 aliphatic heterocycles. The van der Waals surface area contributed by atoms with Crippen LogP contribution in [0.1, 0.15) is 23.6 Å². The van der Waals surface area contributed by atoms with E-state index >= 15 is 0 Å². The van der Waals surface area contributed by atoms with Gasteiger partial charge in [0.25, 0.3) is 0 Å². The van der Waals surface area contributed by atoms with Gasteiger partial charge in [0.2, 0.25) is 0 Å². The van der Waals surface area contributed by atoms with Gasteiger partial charge in [0.15, 0.2) is 9.84 Å². The number of rotatable bonds is 4. The van der Waals surface area contributed by atoms with Crippen LogP contribution in [-0.4, -0.2) is 20.2 Å². The van der Waals surface area contributed by atoms with Crippen molar-refractivity contribution in [1.29, 1.82) is 0 Å². The number of carbonyl (C=O) groups excluding carboxylic acids is 1. The van der Waals surface area contributed by atoms with Crippen molar-refractivity contribution in [2.75, 3.05) is 11.1 Å². The average molecular weight is 423 g/mol. The van der Waals surface area contributed by atoms with Crippen molar-refractivity contribution in [2.45, 2.75) is 24.3 Å². The lowest BCUT2D eigenvalue weighted by molar-refractivity contribution is 0.248. The highest BCUT2D eigenvalue weighted by atomic mass is 32.2. The summed E-state index contributed by atoms with van der Waals surface area (Å²) in [4.78, 5) is 12.7. The summed E-state index contributed by atoms with van der Waals surface area (Å²) in [6, 6.07) is 20.9. The Labute approximate surface area is 175 Å². The molecular formula is C23H22N2O4S. The number of sulfone groups is 1. The maximum absolute atomic E-state index is 12.5. The van der Waals surface area contributed by atoms with E-state index in [1.165, 1.54) is 0 Å². The molecule has 0 aromatic heterocycles. The van der Waals surface area contributed by atoms with Crippen LogP contribution in [0.4, 0.5) is 10.5 Å². The molecule has 30 heavy (non-hydrogen) atoms. The second kappa shape index (κ2) is 8.20. The Balaban J connectivity index is 1.39. The molecule has 0 radical (unpaired) electrons. The number of hydrogen-bond donors (Lipinski definition) is 2. The van der Waals surface area contributed by atoms with Crippen LogP contribution in [0, 0.1) is 6.92 Å². The Bertz CT molecular complexity index is 1160. The minimum atomic E-state index is -3.29. The summed E-state index contributed by atoms with van der Waals surface area (Å²) in [5.74, 6) is 1.42. The summed E-state index contributed by atoms with van der Waals surface area (Å²) >= 11 is 0. The molecule has 7 heteroatoms. The van der Waals surface area contributed by atoms with Gasteiger partial charge in [-0.2, -0.15) is 0 Å². The molecule has 2 N–H and O–H groups in total. The highest BCUT2D eigenvalue weighted by molar-refractivity contribution is 7.91. The minimum absolute atomic E-state index is 0.0139. The smallest absolute Gasteiger partial charge is 0.319 e. The molecular weight excluding hydrogens is 400 g/mol.